The van der Waals surface area contributed by atoms with E-state index in [-0.39, 0.29) is 11.3 Å². The Labute approximate surface area is 167 Å². The smallest absolute Gasteiger partial charge is 0.284 e. The van der Waals surface area contributed by atoms with Crippen LogP contribution in [0.2, 0.25) is 0 Å². The quantitative estimate of drug-likeness (QED) is 0.495. The SMILES string of the molecule is O=C(c1cc(F)ccc1Oc1cnc[nH+]c1)N(c1ccccc1)c1ccccc1. The Bertz CT molecular complexity index is 1070. The number of hydrogen-bond acceptors (Lipinski definition) is 3. The van der Waals surface area contributed by atoms with Crippen molar-refractivity contribution in [1.29, 1.82) is 0 Å². The fourth-order valence-corrected chi connectivity index (χ4v) is 2.91. The Morgan fingerprint density at radius 1 is 0.931 bits per heavy atom. The lowest BCUT2D eigenvalue weighted by Gasteiger charge is -2.24. The number of rotatable bonds is 5. The lowest BCUT2D eigenvalue weighted by atomic mass is 10.1. The van der Waals surface area contributed by atoms with Crippen molar-refractivity contribution in [2.75, 3.05) is 4.90 Å². The molecule has 29 heavy (non-hydrogen) atoms. The molecule has 4 aromatic rings. The summed E-state index contributed by atoms with van der Waals surface area (Å²) in [5, 5.41) is 0. The highest BCUT2D eigenvalue weighted by molar-refractivity contribution is 6.12. The predicted molar refractivity (Wildman–Crippen MR) is 107 cm³/mol. The minimum atomic E-state index is -0.528. The van der Waals surface area contributed by atoms with Crippen LogP contribution in [-0.4, -0.2) is 10.9 Å². The summed E-state index contributed by atoms with van der Waals surface area (Å²) in [6.07, 6.45) is 4.59. The second-order valence-corrected chi connectivity index (χ2v) is 6.17. The number of aromatic amines is 1. The topological polar surface area (TPSA) is 56.6 Å². The third kappa shape index (κ3) is 4.11. The van der Waals surface area contributed by atoms with Gasteiger partial charge in [-0.2, -0.15) is 0 Å². The van der Waals surface area contributed by atoms with Gasteiger partial charge in [0.1, 0.15) is 17.8 Å². The first-order valence-corrected chi connectivity index (χ1v) is 8.95. The number of halogens is 1. The van der Waals surface area contributed by atoms with Crippen molar-refractivity contribution in [2.45, 2.75) is 0 Å². The van der Waals surface area contributed by atoms with Crippen molar-refractivity contribution >= 4 is 17.3 Å². The third-order valence-electron chi connectivity index (χ3n) is 4.21. The molecule has 3 aromatic carbocycles. The van der Waals surface area contributed by atoms with Crippen LogP contribution >= 0.6 is 0 Å². The average molecular weight is 386 g/mol. The largest absolute Gasteiger partial charge is 0.449 e. The number of amides is 1. The maximum absolute atomic E-state index is 14.1. The molecule has 6 heteroatoms. The van der Waals surface area contributed by atoms with Crippen LogP contribution < -0.4 is 14.6 Å². The van der Waals surface area contributed by atoms with Gasteiger partial charge in [-0.15, -0.1) is 0 Å². The van der Waals surface area contributed by atoms with Gasteiger partial charge in [0.2, 0.25) is 5.75 Å². The van der Waals surface area contributed by atoms with Gasteiger partial charge in [0.05, 0.1) is 5.56 Å². The van der Waals surface area contributed by atoms with Crippen LogP contribution in [0.15, 0.2) is 97.6 Å². The van der Waals surface area contributed by atoms with E-state index < -0.39 is 11.7 Å². The van der Waals surface area contributed by atoms with Crippen molar-refractivity contribution in [2.24, 2.45) is 0 Å². The zero-order valence-corrected chi connectivity index (χ0v) is 15.3. The first-order valence-electron chi connectivity index (χ1n) is 8.95. The minimum Gasteiger partial charge on any atom is -0.449 e. The van der Waals surface area contributed by atoms with Crippen LogP contribution in [0.5, 0.6) is 11.5 Å². The lowest BCUT2D eigenvalue weighted by Crippen LogP contribution is -2.26. The van der Waals surface area contributed by atoms with E-state index in [1.54, 1.807) is 6.20 Å². The number of carbonyl (C=O) groups excluding carboxylic acids is 1. The van der Waals surface area contributed by atoms with Gasteiger partial charge in [-0.25, -0.2) is 9.37 Å². The zero-order chi connectivity index (χ0) is 20.1. The van der Waals surface area contributed by atoms with Crippen LogP contribution in [0.3, 0.4) is 0 Å². The molecule has 0 aliphatic heterocycles. The molecule has 4 rings (SSSR count). The highest BCUT2D eigenvalue weighted by Gasteiger charge is 2.24. The molecule has 0 atom stereocenters. The number of anilines is 2. The summed E-state index contributed by atoms with van der Waals surface area (Å²) in [5.74, 6) is -0.307. The number of carbonyl (C=O) groups is 1. The van der Waals surface area contributed by atoms with Gasteiger partial charge in [-0.1, -0.05) is 41.4 Å². The van der Waals surface area contributed by atoms with Crippen molar-refractivity contribution in [3.63, 3.8) is 0 Å². The molecule has 0 radical (unpaired) electrons. The summed E-state index contributed by atoms with van der Waals surface area (Å²) in [4.78, 5) is 21.9. The second-order valence-electron chi connectivity index (χ2n) is 6.17. The van der Waals surface area contributed by atoms with Gasteiger partial charge >= 0.3 is 0 Å². The van der Waals surface area contributed by atoms with Gasteiger partial charge in [0.25, 0.3) is 12.2 Å². The van der Waals surface area contributed by atoms with Gasteiger partial charge in [-0.3, -0.25) is 9.69 Å². The Kier molecular flexibility index (Phi) is 5.25. The molecule has 0 spiro atoms. The van der Waals surface area contributed by atoms with Crippen LogP contribution in [0, 0.1) is 5.82 Å². The Balaban J connectivity index is 1.79. The number of nitrogens with zero attached hydrogens (tertiary/aromatic N) is 2. The van der Waals surface area contributed by atoms with Gasteiger partial charge in [0, 0.05) is 11.4 Å². The van der Waals surface area contributed by atoms with E-state index in [9.17, 15) is 9.18 Å². The van der Waals surface area contributed by atoms with Crippen molar-refractivity contribution in [3.05, 3.63) is 109 Å². The van der Waals surface area contributed by atoms with E-state index in [2.05, 4.69) is 9.97 Å². The maximum atomic E-state index is 14.1. The Morgan fingerprint density at radius 3 is 2.17 bits per heavy atom. The predicted octanol–water partition coefficient (Wildman–Crippen LogP) is 4.81. The molecule has 0 bridgehead atoms. The van der Waals surface area contributed by atoms with Crippen molar-refractivity contribution in [1.82, 2.24) is 4.98 Å². The van der Waals surface area contributed by atoms with Crippen molar-refractivity contribution in [3.8, 4) is 11.5 Å². The standard InChI is InChI=1S/C23H16FN3O2/c24-17-11-12-22(29-20-14-25-16-26-15-20)21(13-17)23(28)27(18-7-3-1-4-8-18)19-9-5-2-6-10-19/h1-16H/p+1. The summed E-state index contributed by atoms with van der Waals surface area (Å²) in [7, 11) is 0. The molecule has 0 fully saturated rings. The number of ether oxygens (including phenoxy) is 1. The maximum Gasteiger partial charge on any atom is 0.284 e. The molecule has 142 valence electrons. The van der Waals surface area contributed by atoms with Crippen LogP contribution in [0.4, 0.5) is 15.8 Å². The summed E-state index contributed by atoms with van der Waals surface area (Å²) >= 11 is 0. The number of aromatic nitrogens is 2. The summed E-state index contributed by atoms with van der Waals surface area (Å²) < 4.78 is 19.9. The first-order chi connectivity index (χ1) is 14.2. The van der Waals surface area contributed by atoms with Gasteiger partial charge in [0.15, 0.2) is 6.20 Å². The summed E-state index contributed by atoms with van der Waals surface area (Å²) in [5.41, 5.74) is 1.42. The van der Waals surface area contributed by atoms with E-state index in [1.165, 1.54) is 35.6 Å². The summed E-state index contributed by atoms with van der Waals surface area (Å²) in [6, 6.07) is 22.2. The first kappa shape index (κ1) is 18.3. The van der Waals surface area contributed by atoms with E-state index in [4.69, 9.17) is 4.74 Å². The fraction of sp³-hybridized carbons (Fsp3) is 0. The number of benzene rings is 3. The van der Waals surface area contributed by atoms with E-state index in [0.29, 0.717) is 17.1 Å². The molecule has 1 aromatic heterocycles. The van der Waals surface area contributed by atoms with Crippen LogP contribution in [-0.2, 0) is 0 Å². The molecule has 5 nitrogen and oxygen atoms in total. The normalized spacial score (nSPS) is 10.4. The highest BCUT2D eigenvalue weighted by Crippen LogP contribution is 2.32. The lowest BCUT2D eigenvalue weighted by molar-refractivity contribution is -0.383. The summed E-state index contributed by atoms with van der Waals surface area (Å²) in [6.45, 7) is 0. The van der Waals surface area contributed by atoms with Gasteiger partial charge < -0.3 is 4.74 Å². The molecule has 1 N–H and O–H groups in total. The number of nitrogens with one attached hydrogen (secondary N) is 1. The van der Waals surface area contributed by atoms with Crippen LogP contribution in [0.25, 0.3) is 0 Å². The monoisotopic (exact) mass is 386 g/mol. The van der Waals surface area contributed by atoms with Crippen molar-refractivity contribution < 1.29 is 18.9 Å². The molecule has 0 saturated carbocycles. The molecule has 1 amide bonds. The number of para-hydroxylation sites is 2. The Hall–Kier alpha value is -4.06. The molecule has 0 aliphatic carbocycles. The third-order valence-corrected chi connectivity index (χ3v) is 4.21. The molecular weight excluding hydrogens is 369 g/mol. The molecule has 1 heterocycles. The van der Waals surface area contributed by atoms with Crippen LogP contribution in [0.1, 0.15) is 10.4 Å². The number of hydrogen-bond donors (Lipinski definition) is 0. The van der Waals surface area contributed by atoms with E-state index >= 15 is 0 Å². The Morgan fingerprint density at radius 2 is 1.59 bits per heavy atom. The minimum absolute atomic E-state index is 0.0987. The fourth-order valence-electron chi connectivity index (χ4n) is 2.91. The molecule has 0 aliphatic rings. The number of H-pyrrole nitrogens is 1. The second kappa shape index (κ2) is 8.31. The highest BCUT2D eigenvalue weighted by atomic mass is 19.1. The average Bonchev–Trinajstić information content (AvgIpc) is 2.77. The molecule has 0 unspecified atom stereocenters. The van der Waals surface area contributed by atoms with Gasteiger partial charge in [-0.05, 0) is 42.5 Å². The molecular formula is C23H17FN3O2+. The van der Waals surface area contributed by atoms with E-state index in [1.807, 2.05) is 60.7 Å². The van der Waals surface area contributed by atoms with E-state index in [0.717, 1.165) is 0 Å². The molecule has 0 saturated heterocycles. The zero-order valence-electron chi connectivity index (χ0n) is 15.3.